The zero-order chi connectivity index (χ0) is 20.3. The van der Waals surface area contributed by atoms with E-state index < -0.39 is 5.97 Å². The number of rotatable bonds is 8. The van der Waals surface area contributed by atoms with Gasteiger partial charge in [-0.25, -0.2) is 4.79 Å². The molecule has 6 nitrogen and oxygen atoms in total. The van der Waals surface area contributed by atoms with E-state index in [1.54, 1.807) is 18.7 Å². The highest BCUT2D eigenvalue weighted by Gasteiger charge is 2.20. The number of hydrogen-bond donors (Lipinski definition) is 2. The van der Waals surface area contributed by atoms with Gasteiger partial charge in [0.25, 0.3) is 0 Å². The first-order valence-corrected chi connectivity index (χ1v) is 9.25. The Kier molecular flexibility index (Phi) is 5.90. The van der Waals surface area contributed by atoms with Crippen LogP contribution in [-0.2, 0) is 20.1 Å². The molecule has 28 heavy (non-hydrogen) atoms. The maximum absolute atomic E-state index is 11.8. The average Bonchev–Trinajstić information content (AvgIpc) is 2.94. The lowest BCUT2D eigenvalue weighted by atomic mass is 10.1. The first-order chi connectivity index (χ1) is 13.4. The maximum atomic E-state index is 11.8. The maximum Gasteiger partial charge on any atom is 0.352 e. The first-order valence-electron chi connectivity index (χ1n) is 9.25. The number of ether oxygens (including phenoxy) is 2. The number of benzene rings is 2. The van der Waals surface area contributed by atoms with Crippen molar-refractivity contribution in [2.45, 2.75) is 33.0 Å². The van der Waals surface area contributed by atoms with Crippen molar-refractivity contribution >= 4 is 16.9 Å². The molecule has 2 N–H and O–H groups in total. The van der Waals surface area contributed by atoms with Gasteiger partial charge < -0.3 is 24.5 Å². The molecule has 0 bridgehead atoms. The summed E-state index contributed by atoms with van der Waals surface area (Å²) >= 11 is 0. The van der Waals surface area contributed by atoms with E-state index in [9.17, 15) is 9.90 Å². The van der Waals surface area contributed by atoms with Crippen molar-refractivity contribution in [1.82, 2.24) is 9.88 Å². The van der Waals surface area contributed by atoms with Crippen LogP contribution in [0.2, 0.25) is 0 Å². The fourth-order valence-corrected chi connectivity index (χ4v) is 3.36. The minimum atomic E-state index is -0.940. The molecule has 148 valence electrons. The molecule has 0 fully saturated rings. The molecule has 2 aromatic carbocycles. The summed E-state index contributed by atoms with van der Waals surface area (Å²) in [7, 11) is 3.37. The fraction of sp³-hybridized carbons (Fsp3) is 0.318. The molecule has 0 saturated heterocycles. The van der Waals surface area contributed by atoms with Crippen molar-refractivity contribution in [3.8, 4) is 11.5 Å². The lowest BCUT2D eigenvalue weighted by Gasteiger charge is -2.10. The molecule has 1 aromatic heterocycles. The molecule has 0 aliphatic heterocycles. The fourth-order valence-electron chi connectivity index (χ4n) is 3.36. The standard InChI is InChI=1S/C22H26N2O4/c1-14(2)28-16-7-5-15(6-8-16)12-23-13-19-18-10-9-17(27-4)11-20(18)24(3)21(19)22(25)26/h5-11,14,23H,12-13H2,1-4H3,(H,25,26). The molecule has 1 heterocycles. The Morgan fingerprint density at radius 1 is 1.11 bits per heavy atom. The molecular weight excluding hydrogens is 356 g/mol. The largest absolute Gasteiger partial charge is 0.497 e. The molecule has 0 unspecified atom stereocenters. The van der Waals surface area contributed by atoms with Crippen molar-refractivity contribution in [3.05, 3.63) is 59.3 Å². The van der Waals surface area contributed by atoms with Crippen LogP contribution in [0.25, 0.3) is 10.9 Å². The third-order valence-corrected chi connectivity index (χ3v) is 4.64. The first kappa shape index (κ1) is 19.8. The number of carboxylic acid groups (broad SMARTS) is 1. The number of carboxylic acids is 1. The minimum Gasteiger partial charge on any atom is -0.497 e. The molecule has 0 atom stereocenters. The van der Waals surface area contributed by atoms with Gasteiger partial charge in [-0.1, -0.05) is 12.1 Å². The monoisotopic (exact) mass is 382 g/mol. The van der Waals surface area contributed by atoms with Gasteiger partial charge >= 0.3 is 5.97 Å². The van der Waals surface area contributed by atoms with E-state index in [-0.39, 0.29) is 11.8 Å². The third-order valence-electron chi connectivity index (χ3n) is 4.64. The van der Waals surface area contributed by atoms with E-state index in [4.69, 9.17) is 9.47 Å². The van der Waals surface area contributed by atoms with Crippen molar-refractivity contribution in [2.24, 2.45) is 7.05 Å². The Bertz CT molecular complexity index is 974. The molecular formula is C22H26N2O4. The second-order valence-electron chi connectivity index (χ2n) is 6.99. The van der Waals surface area contributed by atoms with Crippen LogP contribution in [0.3, 0.4) is 0 Å². The number of nitrogens with one attached hydrogen (secondary N) is 1. The molecule has 0 radical (unpaired) electrons. The van der Waals surface area contributed by atoms with Crippen LogP contribution >= 0.6 is 0 Å². The second kappa shape index (κ2) is 8.35. The number of fused-ring (bicyclic) bond motifs is 1. The SMILES string of the molecule is COc1ccc2c(CNCc3ccc(OC(C)C)cc3)c(C(=O)O)n(C)c2c1. The summed E-state index contributed by atoms with van der Waals surface area (Å²) in [6.07, 6.45) is 0.142. The Morgan fingerprint density at radius 3 is 2.39 bits per heavy atom. The van der Waals surface area contributed by atoms with Crippen LogP contribution in [0, 0.1) is 0 Å². The quantitative estimate of drug-likeness (QED) is 0.617. The molecule has 3 rings (SSSR count). The number of hydrogen-bond acceptors (Lipinski definition) is 4. The molecule has 3 aromatic rings. The van der Waals surface area contributed by atoms with Crippen LogP contribution in [0.1, 0.15) is 35.5 Å². The van der Waals surface area contributed by atoms with Crippen LogP contribution in [0.4, 0.5) is 0 Å². The summed E-state index contributed by atoms with van der Waals surface area (Å²) in [6.45, 7) is 5.08. The molecule has 0 aliphatic carbocycles. The van der Waals surface area contributed by atoms with Crippen LogP contribution in [0.15, 0.2) is 42.5 Å². The molecule has 0 amide bonds. The second-order valence-corrected chi connectivity index (χ2v) is 6.99. The summed E-state index contributed by atoms with van der Waals surface area (Å²) < 4.78 is 12.6. The highest BCUT2D eigenvalue weighted by Crippen LogP contribution is 2.29. The van der Waals surface area contributed by atoms with Crippen molar-refractivity contribution < 1.29 is 19.4 Å². The smallest absolute Gasteiger partial charge is 0.352 e. The number of aromatic carboxylic acids is 1. The van der Waals surface area contributed by atoms with Gasteiger partial charge in [0.05, 0.1) is 18.7 Å². The van der Waals surface area contributed by atoms with E-state index in [1.807, 2.05) is 56.3 Å². The van der Waals surface area contributed by atoms with Gasteiger partial charge in [-0.2, -0.15) is 0 Å². The number of carbonyl (C=O) groups is 1. The Labute approximate surface area is 164 Å². The van der Waals surface area contributed by atoms with E-state index in [2.05, 4.69) is 5.32 Å². The molecule has 6 heteroatoms. The van der Waals surface area contributed by atoms with Crippen molar-refractivity contribution in [3.63, 3.8) is 0 Å². The minimum absolute atomic E-state index is 0.142. The highest BCUT2D eigenvalue weighted by atomic mass is 16.5. The van der Waals surface area contributed by atoms with Crippen LogP contribution < -0.4 is 14.8 Å². The van der Waals surface area contributed by atoms with Gasteiger partial charge in [-0.05, 0) is 43.7 Å². The number of methoxy groups -OCH3 is 1. The Balaban J connectivity index is 1.78. The van der Waals surface area contributed by atoms with E-state index in [0.717, 1.165) is 27.8 Å². The predicted octanol–water partition coefficient (Wildman–Crippen LogP) is 3.96. The van der Waals surface area contributed by atoms with Gasteiger partial charge in [0, 0.05) is 37.2 Å². The van der Waals surface area contributed by atoms with Crippen molar-refractivity contribution in [2.75, 3.05) is 7.11 Å². The molecule has 0 spiro atoms. The summed E-state index contributed by atoms with van der Waals surface area (Å²) in [4.78, 5) is 11.8. The number of nitrogens with zero attached hydrogens (tertiary/aromatic N) is 1. The van der Waals surface area contributed by atoms with Crippen molar-refractivity contribution in [1.29, 1.82) is 0 Å². The number of aryl methyl sites for hydroxylation is 1. The lowest BCUT2D eigenvalue weighted by molar-refractivity contribution is 0.0685. The predicted molar refractivity (Wildman–Crippen MR) is 109 cm³/mol. The Hall–Kier alpha value is -2.99. The zero-order valence-electron chi connectivity index (χ0n) is 16.7. The van der Waals surface area contributed by atoms with E-state index >= 15 is 0 Å². The van der Waals surface area contributed by atoms with Gasteiger partial charge in [-0.15, -0.1) is 0 Å². The zero-order valence-corrected chi connectivity index (χ0v) is 16.7. The number of aromatic nitrogens is 1. The average molecular weight is 382 g/mol. The van der Waals surface area contributed by atoms with Crippen LogP contribution in [0.5, 0.6) is 11.5 Å². The van der Waals surface area contributed by atoms with Gasteiger partial charge in [-0.3, -0.25) is 0 Å². The van der Waals surface area contributed by atoms with Gasteiger partial charge in [0.15, 0.2) is 0 Å². The molecule has 0 aliphatic rings. The van der Waals surface area contributed by atoms with Crippen LogP contribution in [-0.4, -0.2) is 28.9 Å². The summed E-state index contributed by atoms with van der Waals surface area (Å²) in [5, 5.41) is 14.0. The topological polar surface area (TPSA) is 72.7 Å². The van der Waals surface area contributed by atoms with Gasteiger partial charge in [0.2, 0.25) is 0 Å². The molecule has 0 saturated carbocycles. The summed E-state index contributed by atoms with van der Waals surface area (Å²) in [5.41, 5.74) is 3.00. The van der Waals surface area contributed by atoms with E-state index in [0.29, 0.717) is 18.8 Å². The highest BCUT2D eigenvalue weighted by molar-refractivity contribution is 5.98. The Morgan fingerprint density at radius 2 is 1.79 bits per heavy atom. The van der Waals surface area contributed by atoms with E-state index in [1.165, 1.54) is 0 Å². The summed E-state index contributed by atoms with van der Waals surface area (Å²) in [5.74, 6) is 0.604. The summed E-state index contributed by atoms with van der Waals surface area (Å²) in [6, 6.07) is 13.5. The third kappa shape index (κ3) is 4.12. The van der Waals surface area contributed by atoms with Gasteiger partial charge in [0.1, 0.15) is 17.2 Å². The lowest BCUT2D eigenvalue weighted by Crippen LogP contribution is -2.16. The normalized spacial score (nSPS) is 11.2.